The van der Waals surface area contributed by atoms with Gasteiger partial charge in [-0.1, -0.05) is 18.2 Å². The Kier molecular flexibility index (Phi) is 4.75. The topological polar surface area (TPSA) is 97.1 Å². The molecular formula is C16H17FN4O2S. The largest absolute Gasteiger partial charge is 0.352 e. The van der Waals surface area contributed by atoms with Gasteiger partial charge < -0.3 is 16.4 Å². The van der Waals surface area contributed by atoms with Crippen LogP contribution in [0.5, 0.6) is 0 Å². The number of carbonyl (C=O) groups is 2. The van der Waals surface area contributed by atoms with Gasteiger partial charge in [-0.15, -0.1) is 11.3 Å². The molecule has 1 aliphatic rings. The van der Waals surface area contributed by atoms with Crippen LogP contribution in [0.15, 0.2) is 29.6 Å². The van der Waals surface area contributed by atoms with Crippen molar-refractivity contribution < 1.29 is 14.0 Å². The molecule has 0 spiro atoms. The summed E-state index contributed by atoms with van der Waals surface area (Å²) in [7, 11) is 0. The van der Waals surface area contributed by atoms with Gasteiger partial charge >= 0.3 is 6.03 Å². The first-order valence-corrected chi connectivity index (χ1v) is 8.46. The molecule has 4 N–H and O–H groups in total. The number of nitrogens with one attached hydrogen (secondary N) is 2. The van der Waals surface area contributed by atoms with Crippen LogP contribution in [0.3, 0.4) is 0 Å². The number of urea groups is 1. The molecule has 0 saturated heterocycles. The molecule has 1 aromatic carbocycles. The number of aromatic nitrogens is 1. The molecule has 1 saturated carbocycles. The fourth-order valence-electron chi connectivity index (χ4n) is 2.43. The summed E-state index contributed by atoms with van der Waals surface area (Å²) in [6.45, 7) is 0. The van der Waals surface area contributed by atoms with Crippen molar-refractivity contribution in [2.45, 2.75) is 31.2 Å². The monoisotopic (exact) mass is 348 g/mol. The second-order valence-corrected chi connectivity index (χ2v) is 6.54. The molecule has 3 rings (SSSR count). The Morgan fingerprint density at radius 3 is 2.79 bits per heavy atom. The number of thiazole rings is 1. The number of amides is 3. The van der Waals surface area contributed by atoms with Crippen molar-refractivity contribution in [2.75, 3.05) is 5.32 Å². The van der Waals surface area contributed by atoms with Crippen molar-refractivity contribution in [3.05, 3.63) is 46.7 Å². The van der Waals surface area contributed by atoms with E-state index in [0.717, 1.165) is 18.5 Å². The summed E-state index contributed by atoms with van der Waals surface area (Å²) in [5, 5.41) is 7.54. The van der Waals surface area contributed by atoms with E-state index >= 15 is 0 Å². The van der Waals surface area contributed by atoms with Crippen molar-refractivity contribution >= 4 is 28.4 Å². The van der Waals surface area contributed by atoms with Crippen LogP contribution in [0.1, 0.15) is 42.5 Å². The fraction of sp³-hybridized carbons (Fsp3) is 0.312. The van der Waals surface area contributed by atoms with E-state index in [0.29, 0.717) is 11.0 Å². The molecule has 0 radical (unpaired) electrons. The molecule has 1 atom stereocenters. The number of rotatable bonds is 6. The number of primary amides is 1. The lowest BCUT2D eigenvalue weighted by Gasteiger charge is -2.18. The first kappa shape index (κ1) is 16.4. The molecule has 3 amide bonds. The molecule has 24 heavy (non-hydrogen) atoms. The Morgan fingerprint density at radius 2 is 2.12 bits per heavy atom. The molecule has 2 aromatic rings. The molecular weight excluding hydrogens is 331 g/mol. The standard InChI is InChI=1S/C16H17FN4O2S/c17-11-4-2-1-3-10(11)12(19-15(18)23)7-14(22)21-16-20-13(8-24-16)9-5-6-9/h1-4,8-9,12H,5-7H2,(H3,18,19,23)(H,20,21,22). The molecule has 1 fully saturated rings. The van der Waals surface area contributed by atoms with Crippen molar-refractivity contribution in [2.24, 2.45) is 5.73 Å². The average molecular weight is 348 g/mol. The second-order valence-electron chi connectivity index (χ2n) is 5.69. The summed E-state index contributed by atoms with van der Waals surface area (Å²) in [6.07, 6.45) is 2.13. The number of benzene rings is 1. The summed E-state index contributed by atoms with van der Waals surface area (Å²) in [5.41, 5.74) is 6.35. The maximum Gasteiger partial charge on any atom is 0.312 e. The van der Waals surface area contributed by atoms with Crippen LogP contribution in [0.2, 0.25) is 0 Å². The third-order valence-corrected chi connectivity index (χ3v) is 4.53. The van der Waals surface area contributed by atoms with E-state index in [2.05, 4.69) is 15.6 Å². The number of nitrogens with zero attached hydrogens (tertiary/aromatic N) is 1. The highest BCUT2D eigenvalue weighted by atomic mass is 32.1. The summed E-state index contributed by atoms with van der Waals surface area (Å²) in [6, 6.07) is 4.29. The quantitative estimate of drug-likeness (QED) is 0.749. The minimum absolute atomic E-state index is 0.137. The minimum Gasteiger partial charge on any atom is -0.352 e. The van der Waals surface area contributed by atoms with Crippen LogP contribution < -0.4 is 16.4 Å². The molecule has 6 nitrogen and oxygen atoms in total. The zero-order valence-electron chi connectivity index (χ0n) is 12.8. The average Bonchev–Trinajstić information content (AvgIpc) is 3.27. The number of nitrogens with two attached hydrogens (primary N) is 1. The van der Waals surface area contributed by atoms with E-state index in [1.54, 1.807) is 6.07 Å². The van der Waals surface area contributed by atoms with Crippen molar-refractivity contribution in [3.63, 3.8) is 0 Å². The molecule has 1 heterocycles. The Hall–Kier alpha value is -2.48. The van der Waals surface area contributed by atoms with E-state index in [1.807, 2.05) is 5.38 Å². The van der Waals surface area contributed by atoms with Crippen LogP contribution in [0.25, 0.3) is 0 Å². The predicted octanol–water partition coefficient (Wildman–Crippen LogP) is 2.90. The highest BCUT2D eigenvalue weighted by Crippen LogP contribution is 2.40. The third-order valence-electron chi connectivity index (χ3n) is 3.75. The molecule has 0 aliphatic heterocycles. The van der Waals surface area contributed by atoms with E-state index in [9.17, 15) is 14.0 Å². The van der Waals surface area contributed by atoms with Crippen molar-refractivity contribution in [1.82, 2.24) is 10.3 Å². The molecule has 1 unspecified atom stereocenters. The van der Waals surface area contributed by atoms with Gasteiger partial charge in [-0.25, -0.2) is 14.2 Å². The lowest BCUT2D eigenvalue weighted by atomic mass is 10.0. The Morgan fingerprint density at radius 1 is 1.38 bits per heavy atom. The van der Waals surface area contributed by atoms with Crippen LogP contribution in [-0.4, -0.2) is 16.9 Å². The van der Waals surface area contributed by atoms with Crippen LogP contribution in [0.4, 0.5) is 14.3 Å². The van der Waals surface area contributed by atoms with E-state index in [-0.39, 0.29) is 17.9 Å². The molecule has 1 aliphatic carbocycles. The number of anilines is 1. The Bertz CT molecular complexity index is 760. The van der Waals surface area contributed by atoms with Gasteiger partial charge in [-0.05, 0) is 18.9 Å². The van der Waals surface area contributed by atoms with Gasteiger partial charge in [-0.2, -0.15) is 0 Å². The molecule has 126 valence electrons. The Balaban J connectivity index is 1.68. The zero-order chi connectivity index (χ0) is 17.1. The lowest BCUT2D eigenvalue weighted by Crippen LogP contribution is -2.35. The summed E-state index contributed by atoms with van der Waals surface area (Å²) in [5.74, 6) is -0.363. The number of hydrogen-bond donors (Lipinski definition) is 3. The fourth-order valence-corrected chi connectivity index (χ4v) is 3.24. The highest BCUT2D eigenvalue weighted by molar-refractivity contribution is 7.13. The van der Waals surface area contributed by atoms with Gasteiger partial charge in [0, 0.05) is 16.9 Å². The van der Waals surface area contributed by atoms with Gasteiger partial charge in [0.1, 0.15) is 5.82 Å². The first-order valence-electron chi connectivity index (χ1n) is 7.58. The van der Waals surface area contributed by atoms with Crippen molar-refractivity contribution in [3.8, 4) is 0 Å². The lowest BCUT2D eigenvalue weighted by molar-refractivity contribution is -0.116. The summed E-state index contributed by atoms with van der Waals surface area (Å²) < 4.78 is 13.9. The van der Waals surface area contributed by atoms with Gasteiger partial charge in [0.25, 0.3) is 0 Å². The predicted molar refractivity (Wildman–Crippen MR) is 89.2 cm³/mol. The Labute approximate surface area is 142 Å². The number of carbonyl (C=O) groups excluding carboxylic acids is 2. The van der Waals surface area contributed by atoms with Gasteiger partial charge in [0.15, 0.2) is 5.13 Å². The summed E-state index contributed by atoms with van der Waals surface area (Å²) >= 11 is 1.36. The normalized spacial score (nSPS) is 14.9. The van der Waals surface area contributed by atoms with Crippen LogP contribution >= 0.6 is 11.3 Å². The smallest absolute Gasteiger partial charge is 0.312 e. The maximum atomic E-state index is 13.9. The third kappa shape index (κ3) is 4.08. The SMILES string of the molecule is NC(=O)NC(CC(=O)Nc1nc(C2CC2)cs1)c1ccccc1F. The van der Waals surface area contributed by atoms with E-state index in [4.69, 9.17) is 5.73 Å². The second kappa shape index (κ2) is 6.96. The summed E-state index contributed by atoms with van der Waals surface area (Å²) in [4.78, 5) is 27.8. The van der Waals surface area contributed by atoms with Gasteiger partial charge in [-0.3, -0.25) is 4.79 Å². The molecule has 8 heteroatoms. The van der Waals surface area contributed by atoms with Gasteiger partial charge in [0.2, 0.25) is 5.91 Å². The first-order chi connectivity index (χ1) is 11.5. The van der Waals surface area contributed by atoms with E-state index < -0.39 is 17.9 Å². The van der Waals surface area contributed by atoms with Gasteiger partial charge in [0.05, 0.1) is 18.2 Å². The molecule has 1 aromatic heterocycles. The highest BCUT2D eigenvalue weighted by Gasteiger charge is 2.26. The number of halogens is 1. The zero-order valence-corrected chi connectivity index (χ0v) is 13.6. The minimum atomic E-state index is -0.841. The number of hydrogen-bond acceptors (Lipinski definition) is 4. The maximum absolute atomic E-state index is 13.9. The van der Waals surface area contributed by atoms with E-state index in [1.165, 1.54) is 29.5 Å². The van der Waals surface area contributed by atoms with Crippen molar-refractivity contribution in [1.29, 1.82) is 0 Å². The molecule has 0 bridgehead atoms. The van der Waals surface area contributed by atoms with Crippen LogP contribution in [-0.2, 0) is 4.79 Å². The van der Waals surface area contributed by atoms with Crippen LogP contribution in [0, 0.1) is 5.82 Å².